The van der Waals surface area contributed by atoms with Crippen LogP contribution in [-0.4, -0.2) is 15.9 Å². The lowest BCUT2D eigenvalue weighted by atomic mass is 10.0. The van der Waals surface area contributed by atoms with Gasteiger partial charge in [0.05, 0.1) is 18.2 Å². The van der Waals surface area contributed by atoms with Crippen LogP contribution in [0.25, 0.3) is 0 Å². The number of Topliss-reactive ketones (excluding diaryl/α,β-unsaturated/α-hetero) is 1. The van der Waals surface area contributed by atoms with Gasteiger partial charge in [0.25, 0.3) is 0 Å². The van der Waals surface area contributed by atoms with Gasteiger partial charge in [-0.15, -0.1) is 0 Å². The van der Waals surface area contributed by atoms with Gasteiger partial charge in [-0.3, -0.25) is 4.79 Å². The highest BCUT2D eigenvalue weighted by Crippen LogP contribution is 2.20. The third kappa shape index (κ3) is 4.81. The minimum atomic E-state index is -0.829. The highest BCUT2D eigenvalue weighted by molar-refractivity contribution is 7.77. The molecule has 0 fully saturated rings. The number of rotatable bonds is 7. The monoisotopic (exact) mass is 410 g/mol. The summed E-state index contributed by atoms with van der Waals surface area (Å²) in [4.78, 5) is 17.8. The Labute approximate surface area is 174 Å². The number of hydrogen-bond acceptors (Lipinski definition) is 4. The molecule has 0 aliphatic heterocycles. The van der Waals surface area contributed by atoms with E-state index in [9.17, 15) is 9.90 Å². The SMILES string of the molecule is O=C(c1ccccc1Cl)C(C([S-])=NCc1ccccc1)[n+]1cccc(CO)c1. The predicted octanol–water partition coefficient (Wildman–Crippen LogP) is 3.69. The van der Waals surface area contributed by atoms with E-state index >= 15 is 0 Å². The Morgan fingerprint density at radius 2 is 1.71 bits per heavy atom. The number of ketones is 1. The van der Waals surface area contributed by atoms with E-state index in [1.165, 1.54) is 0 Å². The van der Waals surface area contributed by atoms with Crippen molar-refractivity contribution in [3.8, 4) is 0 Å². The van der Waals surface area contributed by atoms with Gasteiger partial charge in [0.15, 0.2) is 12.4 Å². The van der Waals surface area contributed by atoms with E-state index in [2.05, 4.69) is 4.99 Å². The minimum Gasteiger partial charge on any atom is -0.758 e. The lowest BCUT2D eigenvalue weighted by Crippen LogP contribution is -2.48. The molecule has 0 spiro atoms. The van der Waals surface area contributed by atoms with Crippen LogP contribution in [0.3, 0.4) is 0 Å². The largest absolute Gasteiger partial charge is 0.758 e. The van der Waals surface area contributed by atoms with Crippen molar-refractivity contribution in [3.63, 3.8) is 0 Å². The number of nitrogens with zero attached hydrogens (tertiary/aromatic N) is 2. The van der Waals surface area contributed by atoms with E-state index in [4.69, 9.17) is 24.2 Å². The maximum absolute atomic E-state index is 13.3. The van der Waals surface area contributed by atoms with E-state index in [-0.39, 0.29) is 17.4 Å². The fourth-order valence-corrected chi connectivity index (χ4v) is 3.34. The first kappa shape index (κ1) is 20.1. The second kappa shape index (κ2) is 9.55. The number of pyridine rings is 1. The lowest BCUT2D eigenvalue weighted by molar-refractivity contribution is -0.692. The van der Waals surface area contributed by atoms with Crippen LogP contribution in [0.1, 0.15) is 27.5 Å². The zero-order chi connectivity index (χ0) is 19.9. The van der Waals surface area contributed by atoms with Gasteiger partial charge >= 0.3 is 0 Å². The fourth-order valence-electron chi connectivity index (χ4n) is 2.82. The smallest absolute Gasteiger partial charge is 0.237 e. The van der Waals surface area contributed by atoms with E-state index in [0.717, 1.165) is 5.56 Å². The van der Waals surface area contributed by atoms with Crippen LogP contribution < -0.4 is 4.57 Å². The van der Waals surface area contributed by atoms with Gasteiger partial charge in [0, 0.05) is 17.2 Å². The highest BCUT2D eigenvalue weighted by Gasteiger charge is 2.29. The van der Waals surface area contributed by atoms with Gasteiger partial charge in [-0.1, -0.05) is 54.1 Å². The summed E-state index contributed by atoms with van der Waals surface area (Å²) in [6.45, 7) is 0.244. The number of halogens is 1. The molecule has 4 nitrogen and oxygen atoms in total. The zero-order valence-electron chi connectivity index (χ0n) is 15.0. The average molecular weight is 411 g/mol. The molecule has 2 aromatic carbocycles. The Morgan fingerprint density at radius 1 is 1.04 bits per heavy atom. The number of aromatic nitrogens is 1. The molecule has 0 saturated carbocycles. The Bertz CT molecular complexity index is 993. The van der Waals surface area contributed by atoms with Crippen LogP contribution in [0, 0.1) is 0 Å². The summed E-state index contributed by atoms with van der Waals surface area (Å²) >= 11 is 11.8. The molecule has 1 aromatic heterocycles. The van der Waals surface area contributed by atoms with Gasteiger partial charge in [-0.2, -0.15) is 4.57 Å². The molecule has 0 amide bonds. The van der Waals surface area contributed by atoms with Crippen LogP contribution >= 0.6 is 11.6 Å². The molecule has 0 aliphatic carbocycles. The third-order valence-electron chi connectivity index (χ3n) is 4.25. The minimum absolute atomic E-state index is 0.137. The Kier molecular flexibility index (Phi) is 6.87. The van der Waals surface area contributed by atoms with E-state index in [1.807, 2.05) is 30.3 Å². The topological polar surface area (TPSA) is 53.5 Å². The normalized spacial score (nSPS) is 12.6. The summed E-state index contributed by atoms with van der Waals surface area (Å²) in [7, 11) is 0. The summed E-state index contributed by atoms with van der Waals surface area (Å²) in [5.74, 6) is -0.243. The van der Waals surface area contributed by atoms with E-state index in [0.29, 0.717) is 22.7 Å². The molecule has 1 atom stereocenters. The molecule has 1 N–H and O–H groups in total. The van der Waals surface area contributed by atoms with Crippen molar-refractivity contribution in [1.29, 1.82) is 0 Å². The van der Waals surface area contributed by atoms with E-state index in [1.54, 1.807) is 53.4 Å². The quantitative estimate of drug-likeness (QED) is 0.212. The average Bonchev–Trinajstić information content (AvgIpc) is 2.73. The second-order valence-electron chi connectivity index (χ2n) is 6.20. The number of carbonyl (C=O) groups excluding carboxylic acids is 1. The standard InChI is InChI=1S/C22H19ClN2O2S/c23-19-11-5-4-10-18(19)21(27)20(25-12-6-9-17(14-25)15-26)22(28)24-13-16-7-2-1-3-8-16/h1-12,14,20,26H,13,15H2. The predicted molar refractivity (Wildman–Crippen MR) is 112 cm³/mol. The second-order valence-corrected chi connectivity index (χ2v) is 7.03. The summed E-state index contributed by atoms with van der Waals surface area (Å²) in [5, 5.41) is 10.1. The summed E-state index contributed by atoms with van der Waals surface area (Å²) in [6.07, 6.45) is 3.44. The Hall–Kier alpha value is -2.60. The molecule has 28 heavy (non-hydrogen) atoms. The molecular weight excluding hydrogens is 392 g/mol. The number of aliphatic hydroxyl groups excluding tert-OH is 1. The van der Waals surface area contributed by atoms with Crippen molar-refractivity contribution in [2.75, 3.05) is 0 Å². The summed E-state index contributed by atoms with van der Waals surface area (Å²) in [5.41, 5.74) is 2.06. The maximum atomic E-state index is 13.3. The highest BCUT2D eigenvalue weighted by atomic mass is 35.5. The molecule has 142 valence electrons. The maximum Gasteiger partial charge on any atom is 0.237 e. The van der Waals surface area contributed by atoms with Gasteiger partial charge < -0.3 is 22.7 Å². The zero-order valence-corrected chi connectivity index (χ0v) is 16.6. The number of benzene rings is 2. The molecule has 3 rings (SSSR count). The molecule has 1 heterocycles. The van der Waals surface area contributed by atoms with Crippen LogP contribution in [0.4, 0.5) is 0 Å². The van der Waals surface area contributed by atoms with Crippen molar-refractivity contribution < 1.29 is 14.5 Å². The van der Waals surface area contributed by atoms with Crippen molar-refractivity contribution in [2.24, 2.45) is 4.99 Å². The van der Waals surface area contributed by atoms with Crippen molar-refractivity contribution in [1.82, 2.24) is 0 Å². The Balaban J connectivity index is 2.00. The number of carbonyl (C=O) groups is 1. The first-order chi connectivity index (χ1) is 13.6. The Morgan fingerprint density at radius 3 is 2.43 bits per heavy atom. The summed E-state index contributed by atoms with van der Waals surface area (Å²) in [6, 6.07) is 19.3. The first-order valence-corrected chi connectivity index (χ1v) is 9.53. The van der Waals surface area contributed by atoms with Crippen LogP contribution in [0.5, 0.6) is 0 Å². The van der Waals surface area contributed by atoms with Crippen LogP contribution in [0.15, 0.2) is 84.1 Å². The fraction of sp³-hybridized carbons (Fsp3) is 0.136. The molecule has 0 saturated heterocycles. The van der Waals surface area contributed by atoms with Crippen molar-refractivity contribution in [3.05, 3.63) is 101 Å². The van der Waals surface area contributed by atoms with Crippen molar-refractivity contribution in [2.45, 2.75) is 19.2 Å². The van der Waals surface area contributed by atoms with Crippen LogP contribution in [-0.2, 0) is 25.8 Å². The van der Waals surface area contributed by atoms with Crippen LogP contribution in [0.2, 0.25) is 5.02 Å². The first-order valence-electron chi connectivity index (χ1n) is 8.74. The number of hydrogen-bond donors (Lipinski definition) is 1. The molecule has 0 bridgehead atoms. The molecule has 6 heteroatoms. The third-order valence-corrected chi connectivity index (χ3v) is 4.93. The van der Waals surface area contributed by atoms with Gasteiger partial charge in [-0.05, 0) is 28.8 Å². The number of aliphatic imine (C=N–C) groups is 1. The van der Waals surface area contributed by atoms with Gasteiger partial charge in [-0.25, -0.2) is 0 Å². The summed E-state index contributed by atoms with van der Waals surface area (Å²) < 4.78 is 1.67. The molecule has 3 aromatic rings. The molecular formula is C22H19ClN2O2S. The molecule has 1 unspecified atom stereocenters. The molecule has 0 radical (unpaired) electrons. The van der Waals surface area contributed by atoms with Crippen molar-refractivity contribution >= 4 is 35.1 Å². The molecule has 0 aliphatic rings. The van der Waals surface area contributed by atoms with Gasteiger partial charge in [0.2, 0.25) is 11.8 Å². The number of aliphatic hydroxyl groups is 1. The van der Waals surface area contributed by atoms with E-state index < -0.39 is 6.04 Å². The lowest BCUT2D eigenvalue weighted by Gasteiger charge is -2.19. The van der Waals surface area contributed by atoms with Gasteiger partial charge in [0.1, 0.15) is 0 Å².